The van der Waals surface area contributed by atoms with Gasteiger partial charge in [-0.1, -0.05) is 24.3 Å². The highest BCUT2D eigenvalue weighted by atomic mass is 19.1. The van der Waals surface area contributed by atoms with Gasteiger partial charge < -0.3 is 15.0 Å². The molecule has 0 aliphatic heterocycles. The number of rotatable bonds is 7. The van der Waals surface area contributed by atoms with E-state index in [1.807, 2.05) is 25.1 Å². The first-order chi connectivity index (χ1) is 11.5. The van der Waals surface area contributed by atoms with Crippen molar-refractivity contribution in [3.63, 3.8) is 0 Å². The molecule has 0 bridgehead atoms. The molecular formula is C19H23FN2O2. The molecule has 0 aromatic heterocycles. The van der Waals surface area contributed by atoms with Crippen LogP contribution in [0.3, 0.4) is 0 Å². The van der Waals surface area contributed by atoms with E-state index in [4.69, 9.17) is 4.74 Å². The molecule has 0 aliphatic carbocycles. The fourth-order valence-corrected chi connectivity index (χ4v) is 2.21. The number of carbonyl (C=O) groups is 1. The maximum absolute atomic E-state index is 13.3. The van der Waals surface area contributed by atoms with Crippen LogP contribution in [0.15, 0.2) is 42.5 Å². The summed E-state index contributed by atoms with van der Waals surface area (Å²) >= 11 is 0. The van der Waals surface area contributed by atoms with Crippen molar-refractivity contribution in [1.29, 1.82) is 0 Å². The van der Waals surface area contributed by atoms with Crippen LogP contribution in [0.4, 0.5) is 4.39 Å². The number of hydrogen-bond acceptors (Lipinski definition) is 3. The van der Waals surface area contributed by atoms with Gasteiger partial charge in [0, 0.05) is 13.1 Å². The van der Waals surface area contributed by atoms with Crippen molar-refractivity contribution in [3.8, 4) is 5.75 Å². The molecule has 4 nitrogen and oxygen atoms in total. The second-order valence-corrected chi connectivity index (χ2v) is 5.91. The van der Waals surface area contributed by atoms with Crippen LogP contribution in [0.2, 0.25) is 0 Å². The number of halogens is 1. The first kappa shape index (κ1) is 17.9. The Kier molecular flexibility index (Phi) is 6.32. The third kappa shape index (κ3) is 5.06. The van der Waals surface area contributed by atoms with Gasteiger partial charge in [-0.05, 0) is 50.3 Å². The average molecular weight is 330 g/mol. The van der Waals surface area contributed by atoms with E-state index in [1.165, 1.54) is 6.07 Å². The molecule has 0 saturated carbocycles. The van der Waals surface area contributed by atoms with Crippen molar-refractivity contribution >= 4 is 5.91 Å². The second kappa shape index (κ2) is 8.45. The molecule has 2 aromatic rings. The number of hydrogen-bond donors (Lipinski definition) is 1. The molecular weight excluding hydrogens is 307 g/mol. The zero-order valence-corrected chi connectivity index (χ0v) is 14.3. The zero-order valence-electron chi connectivity index (χ0n) is 14.3. The fraction of sp³-hybridized carbons (Fsp3) is 0.316. The number of amides is 1. The number of benzene rings is 2. The van der Waals surface area contributed by atoms with Gasteiger partial charge in [-0.25, -0.2) is 4.39 Å². The van der Waals surface area contributed by atoms with Gasteiger partial charge in [-0.3, -0.25) is 4.79 Å². The molecule has 0 saturated heterocycles. The largest absolute Gasteiger partial charge is 0.491 e. The van der Waals surface area contributed by atoms with Gasteiger partial charge in [0.2, 0.25) is 0 Å². The van der Waals surface area contributed by atoms with Crippen molar-refractivity contribution in [3.05, 3.63) is 65.0 Å². The Balaban J connectivity index is 2.00. The lowest BCUT2D eigenvalue weighted by Crippen LogP contribution is -2.24. The lowest BCUT2D eigenvalue weighted by atomic mass is 10.1. The van der Waals surface area contributed by atoms with Crippen LogP contribution in [0, 0.1) is 12.7 Å². The average Bonchev–Trinajstić information content (AvgIpc) is 2.56. The van der Waals surface area contributed by atoms with Gasteiger partial charge in [-0.2, -0.15) is 0 Å². The maximum atomic E-state index is 13.3. The normalized spacial score (nSPS) is 10.7. The molecule has 1 N–H and O–H groups in total. The fourth-order valence-electron chi connectivity index (χ4n) is 2.21. The number of aryl methyl sites for hydroxylation is 1. The Morgan fingerprint density at radius 3 is 2.67 bits per heavy atom. The highest BCUT2D eigenvalue weighted by Gasteiger charge is 2.12. The molecule has 2 aromatic carbocycles. The molecule has 0 aliphatic rings. The zero-order chi connectivity index (χ0) is 17.5. The van der Waals surface area contributed by atoms with Crippen LogP contribution in [0.1, 0.15) is 21.5 Å². The van der Waals surface area contributed by atoms with E-state index in [1.54, 1.807) is 37.3 Å². The van der Waals surface area contributed by atoms with Gasteiger partial charge >= 0.3 is 0 Å². The van der Waals surface area contributed by atoms with E-state index in [0.717, 1.165) is 12.1 Å². The summed E-state index contributed by atoms with van der Waals surface area (Å²) in [6.45, 7) is 3.32. The van der Waals surface area contributed by atoms with Crippen molar-refractivity contribution < 1.29 is 13.9 Å². The molecule has 1 amide bonds. The predicted octanol–water partition coefficient (Wildman–Crippen LogP) is 3.00. The van der Waals surface area contributed by atoms with Crippen LogP contribution in [-0.2, 0) is 6.54 Å². The number of carbonyl (C=O) groups excluding carboxylic acids is 1. The summed E-state index contributed by atoms with van der Waals surface area (Å²) in [5.41, 5.74) is 1.91. The summed E-state index contributed by atoms with van der Waals surface area (Å²) in [6.07, 6.45) is 0. The van der Waals surface area contributed by atoms with E-state index in [2.05, 4.69) is 5.32 Å². The van der Waals surface area contributed by atoms with Crippen LogP contribution < -0.4 is 10.1 Å². The third-order valence-corrected chi connectivity index (χ3v) is 3.60. The predicted molar refractivity (Wildman–Crippen MR) is 92.8 cm³/mol. The van der Waals surface area contributed by atoms with Crippen molar-refractivity contribution in [1.82, 2.24) is 10.2 Å². The van der Waals surface area contributed by atoms with Gasteiger partial charge in [0.05, 0.1) is 5.56 Å². The molecule has 24 heavy (non-hydrogen) atoms. The molecule has 0 spiro atoms. The molecule has 128 valence electrons. The molecule has 0 unspecified atom stereocenters. The second-order valence-electron chi connectivity index (χ2n) is 5.91. The van der Waals surface area contributed by atoms with Crippen molar-refractivity contribution in [2.75, 3.05) is 27.2 Å². The quantitative estimate of drug-likeness (QED) is 0.848. The molecule has 0 fully saturated rings. The van der Waals surface area contributed by atoms with Gasteiger partial charge in [-0.15, -0.1) is 0 Å². The molecule has 5 heteroatoms. The Morgan fingerprint density at radius 2 is 1.96 bits per heavy atom. The first-order valence-corrected chi connectivity index (χ1v) is 7.87. The summed E-state index contributed by atoms with van der Waals surface area (Å²) in [6, 6.07) is 12.0. The summed E-state index contributed by atoms with van der Waals surface area (Å²) in [5, 5.41) is 2.85. The number of ether oxygens (including phenoxy) is 1. The Bertz CT molecular complexity index is 702. The monoisotopic (exact) mass is 330 g/mol. The van der Waals surface area contributed by atoms with Gasteiger partial charge in [0.1, 0.15) is 18.2 Å². The number of likely N-dealkylation sites (N-methyl/N-ethyl adjacent to an activating group) is 1. The topological polar surface area (TPSA) is 41.6 Å². The SMILES string of the molecule is Cc1cc(CNC(=O)c2ccccc2OCCN(C)C)ccc1F. The van der Waals surface area contributed by atoms with Gasteiger partial charge in [0.25, 0.3) is 5.91 Å². The lowest BCUT2D eigenvalue weighted by Gasteiger charge is -2.14. The Labute approximate surface area is 142 Å². The Morgan fingerprint density at radius 1 is 1.21 bits per heavy atom. The van der Waals surface area contributed by atoms with Crippen LogP contribution in [0.25, 0.3) is 0 Å². The van der Waals surface area contributed by atoms with Crippen LogP contribution in [0.5, 0.6) is 5.75 Å². The third-order valence-electron chi connectivity index (χ3n) is 3.60. The van der Waals surface area contributed by atoms with Gasteiger partial charge in [0.15, 0.2) is 0 Å². The summed E-state index contributed by atoms with van der Waals surface area (Å²) in [4.78, 5) is 14.4. The lowest BCUT2D eigenvalue weighted by molar-refractivity contribution is 0.0946. The van der Waals surface area contributed by atoms with Crippen LogP contribution in [-0.4, -0.2) is 38.1 Å². The van der Waals surface area contributed by atoms with E-state index in [-0.39, 0.29) is 11.7 Å². The number of nitrogens with zero attached hydrogens (tertiary/aromatic N) is 1. The minimum Gasteiger partial charge on any atom is -0.491 e. The summed E-state index contributed by atoms with van der Waals surface area (Å²) in [5.74, 6) is 0.106. The van der Waals surface area contributed by atoms with Crippen molar-refractivity contribution in [2.45, 2.75) is 13.5 Å². The summed E-state index contributed by atoms with van der Waals surface area (Å²) in [7, 11) is 3.93. The van der Waals surface area contributed by atoms with E-state index >= 15 is 0 Å². The minimum absolute atomic E-state index is 0.211. The molecule has 0 atom stereocenters. The summed E-state index contributed by atoms with van der Waals surface area (Å²) < 4.78 is 19.0. The molecule has 0 heterocycles. The highest BCUT2D eigenvalue weighted by Crippen LogP contribution is 2.18. The smallest absolute Gasteiger partial charge is 0.255 e. The van der Waals surface area contributed by atoms with E-state index in [0.29, 0.717) is 30.0 Å². The minimum atomic E-state index is -0.246. The van der Waals surface area contributed by atoms with Crippen molar-refractivity contribution in [2.24, 2.45) is 0 Å². The van der Waals surface area contributed by atoms with E-state index < -0.39 is 0 Å². The van der Waals surface area contributed by atoms with Crippen LogP contribution >= 0.6 is 0 Å². The number of para-hydroxylation sites is 1. The maximum Gasteiger partial charge on any atom is 0.255 e. The molecule has 2 rings (SSSR count). The number of nitrogens with one attached hydrogen (secondary N) is 1. The highest BCUT2D eigenvalue weighted by molar-refractivity contribution is 5.96. The first-order valence-electron chi connectivity index (χ1n) is 7.87. The Hall–Kier alpha value is -2.40. The standard InChI is InChI=1S/C19H23FN2O2/c1-14-12-15(8-9-17(14)20)13-21-19(23)16-6-4-5-7-18(16)24-11-10-22(2)3/h4-9,12H,10-11,13H2,1-3H3,(H,21,23). The molecule has 0 radical (unpaired) electrons. The van der Waals surface area contributed by atoms with E-state index in [9.17, 15) is 9.18 Å².